The van der Waals surface area contributed by atoms with E-state index < -0.39 is 24.6 Å². The Balaban J connectivity index is 2.25. The molecule has 4 atom stereocenters. The molecule has 3 N–H and O–H groups in total. The first-order valence-corrected chi connectivity index (χ1v) is 5.44. The van der Waals surface area contributed by atoms with Crippen LogP contribution in [0.1, 0.15) is 26.2 Å². The molecule has 0 aromatic carbocycles. The zero-order chi connectivity index (χ0) is 11.3. The van der Waals surface area contributed by atoms with Crippen LogP contribution in [0.25, 0.3) is 0 Å². The van der Waals surface area contributed by atoms with Gasteiger partial charge in [-0.05, 0) is 6.42 Å². The summed E-state index contributed by atoms with van der Waals surface area (Å²) in [6, 6.07) is 0. The molecule has 0 amide bonds. The van der Waals surface area contributed by atoms with E-state index in [9.17, 15) is 10.2 Å². The van der Waals surface area contributed by atoms with Crippen molar-refractivity contribution < 1.29 is 24.8 Å². The summed E-state index contributed by atoms with van der Waals surface area (Å²) in [6.45, 7) is 2.28. The quantitative estimate of drug-likeness (QED) is 0.532. The molecule has 0 aromatic rings. The van der Waals surface area contributed by atoms with Crippen LogP contribution in [0, 0.1) is 0 Å². The highest BCUT2D eigenvalue weighted by Gasteiger charge is 2.42. The standard InChI is InChI=1S/C10H20O5/c1-2-3-4-5-14-10-9(13)8(12)7(6-11)15-10/h7-13H,2-6H2,1H3/t7-,8-,9+,10+/m0/s1. The van der Waals surface area contributed by atoms with Gasteiger partial charge < -0.3 is 24.8 Å². The van der Waals surface area contributed by atoms with Crippen LogP contribution in [0.4, 0.5) is 0 Å². The van der Waals surface area contributed by atoms with Gasteiger partial charge in [0.2, 0.25) is 0 Å². The highest BCUT2D eigenvalue weighted by Crippen LogP contribution is 2.22. The third-order valence-electron chi connectivity index (χ3n) is 2.53. The smallest absolute Gasteiger partial charge is 0.186 e. The van der Waals surface area contributed by atoms with Crippen LogP contribution in [0.3, 0.4) is 0 Å². The van der Waals surface area contributed by atoms with E-state index >= 15 is 0 Å². The molecule has 5 heteroatoms. The van der Waals surface area contributed by atoms with E-state index in [4.69, 9.17) is 14.6 Å². The average Bonchev–Trinajstić information content (AvgIpc) is 2.52. The zero-order valence-corrected chi connectivity index (χ0v) is 9.00. The van der Waals surface area contributed by atoms with Crippen molar-refractivity contribution in [2.24, 2.45) is 0 Å². The molecule has 1 fully saturated rings. The van der Waals surface area contributed by atoms with Crippen LogP contribution in [0.5, 0.6) is 0 Å². The van der Waals surface area contributed by atoms with Gasteiger partial charge in [0, 0.05) is 6.61 Å². The molecule has 5 nitrogen and oxygen atoms in total. The Morgan fingerprint density at radius 2 is 1.93 bits per heavy atom. The molecular weight excluding hydrogens is 200 g/mol. The summed E-state index contributed by atoms with van der Waals surface area (Å²) in [5.74, 6) is 0. The summed E-state index contributed by atoms with van der Waals surface area (Å²) < 4.78 is 10.4. The van der Waals surface area contributed by atoms with E-state index in [0.717, 1.165) is 19.3 Å². The maximum absolute atomic E-state index is 9.50. The van der Waals surface area contributed by atoms with E-state index in [1.807, 2.05) is 0 Å². The number of hydrogen-bond donors (Lipinski definition) is 3. The van der Waals surface area contributed by atoms with Crippen molar-refractivity contribution in [3.05, 3.63) is 0 Å². The molecule has 1 heterocycles. The second kappa shape index (κ2) is 6.40. The molecule has 0 radical (unpaired) electrons. The fraction of sp³-hybridized carbons (Fsp3) is 1.00. The number of hydrogen-bond acceptors (Lipinski definition) is 5. The summed E-state index contributed by atoms with van der Waals surface area (Å²) in [5, 5.41) is 27.7. The normalized spacial score (nSPS) is 36.0. The third-order valence-corrected chi connectivity index (χ3v) is 2.53. The molecule has 15 heavy (non-hydrogen) atoms. The highest BCUT2D eigenvalue weighted by molar-refractivity contribution is 4.86. The Kier molecular flexibility index (Phi) is 5.49. The summed E-state index contributed by atoms with van der Waals surface area (Å²) in [6.07, 6.45) is -0.614. The molecule has 0 bridgehead atoms. The lowest BCUT2D eigenvalue weighted by Gasteiger charge is -2.15. The van der Waals surface area contributed by atoms with Gasteiger partial charge in [0.25, 0.3) is 0 Å². The minimum Gasteiger partial charge on any atom is -0.394 e. The number of aliphatic hydroxyl groups excluding tert-OH is 3. The monoisotopic (exact) mass is 220 g/mol. The first-order valence-electron chi connectivity index (χ1n) is 5.44. The molecule has 0 unspecified atom stereocenters. The lowest BCUT2D eigenvalue weighted by molar-refractivity contribution is -0.169. The number of unbranched alkanes of at least 4 members (excludes halogenated alkanes) is 2. The van der Waals surface area contributed by atoms with E-state index in [1.165, 1.54) is 0 Å². The predicted molar refractivity (Wildman–Crippen MR) is 53.2 cm³/mol. The molecule has 0 aliphatic carbocycles. The molecule has 0 aromatic heterocycles. The van der Waals surface area contributed by atoms with E-state index in [1.54, 1.807) is 0 Å². The summed E-state index contributed by atoms with van der Waals surface area (Å²) >= 11 is 0. The van der Waals surface area contributed by atoms with Gasteiger partial charge >= 0.3 is 0 Å². The molecule has 1 rings (SSSR count). The molecule has 0 saturated carbocycles. The third kappa shape index (κ3) is 3.39. The van der Waals surface area contributed by atoms with Gasteiger partial charge in [-0.3, -0.25) is 0 Å². The van der Waals surface area contributed by atoms with E-state index in [2.05, 4.69) is 6.92 Å². The number of rotatable bonds is 6. The van der Waals surface area contributed by atoms with Crippen LogP contribution in [-0.4, -0.2) is 53.1 Å². The Bertz CT molecular complexity index is 175. The van der Waals surface area contributed by atoms with Crippen LogP contribution < -0.4 is 0 Å². The fourth-order valence-electron chi connectivity index (χ4n) is 1.55. The average molecular weight is 220 g/mol. The summed E-state index contributed by atoms with van der Waals surface area (Å²) in [5.41, 5.74) is 0. The fourth-order valence-corrected chi connectivity index (χ4v) is 1.55. The van der Waals surface area contributed by atoms with E-state index in [-0.39, 0.29) is 6.61 Å². The van der Waals surface area contributed by atoms with Crippen molar-refractivity contribution in [2.45, 2.75) is 50.8 Å². The minimum absolute atomic E-state index is 0.312. The second-order valence-corrected chi connectivity index (χ2v) is 3.78. The van der Waals surface area contributed by atoms with Crippen molar-refractivity contribution in [3.63, 3.8) is 0 Å². The Morgan fingerprint density at radius 1 is 1.20 bits per heavy atom. The van der Waals surface area contributed by atoms with Gasteiger partial charge in [-0.1, -0.05) is 19.8 Å². The number of ether oxygens (including phenoxy) is 2. The molecule has 0 spiro atoms. The summed E-state index contributed by atoms with van der Waals surface area (Å²) in [7, 11) is 0. The first-order chi connectivity index (χ1) is 7.20. The van der Waals surface area contributed by atoms with Crippen molar-refractivity contribution in [1.82, 2.24) is 0 Å². The van der Waals surface area contributed by atoms with Crippen molar-refractivity contribution in [3.8, 4) is 0 Å². The van der Waals surface area contributed by atoms with Gasteiger partial charge in [0.1, 0.15) is 18.3 Å². The molecular formula is C10H20O5. The zero-order valence-electron chi connectivity index (χ0n) is 9.00. The van der Waals surface area contributed by atoms with Gasteiger partial charge in [0.05, 0.1) is 6.61 Å². The van der Waals surface area contributed by atoms with Gasteiger partial charge in [-0.2, -0.15) is 0 Å². The molecule has 90 valence electrons. The van der Waals surface area contributed by atoms with Gasteiger partial charge in [-0.15, -0.1) is 0 Å². The van der Waals surface area contributed by atoms with Crippen LogP contribution in [0.15, 0.2) is 0 Å². The largest absolute Gasteiger partial charge is 0.394 e. The first kappa shape index (κ1) is 12.9. The predicted octanol–water partition coefficient (Wildman–Crippen LogP) is -0.368. The SMILES string of the molecule is CCCCCO[C@@H]1O[C@@H](CO)[C@H](O)[C@H]1O. The van der Waals surface area contributed by atoms with Crippen LogP contribution in [0.2, 0.25) is 0 Å². The van der Waals surface area contributed by atoms with Gasteiger partial charge in [0.15, 0.2) is 6.29 Å². The van der Waals surface area contributed by atoms with E-state index in [0.29, 0.717) is 6.61 Å². The Hall–Kier alpha value is -0.200. The van der Waals surface area contributed by atoms with Crippen molar-refractivity contribution in [2.75, 3.05) is 13.2 Å². The molecule has 1 aliphatic heterocycles. The van der Waals surface area contributed by atoms with Crippen molar-refractivity contribution >= 4 is 0 Å². The van der Waals surface area contributed by atoms with Crippen LogP contribution in [-0.2, 0) is 9.47 Å². The minimum atomic E-state index is -1.07. The Morgan fingerprint density at radius 3 is 2.47 bits per heavy atom. The lowest BCUT2D eigenvalue weighted by Crippen LogP contribution is -2.34. The Labute approximate surface area is 89.6 Å². The van der Waals surface area contributed by atoms with Crippen molar-refractivity contribution in [1.29, 1.82) is 0 Å². The van der Waals surface area contributed by atoms with Crippen LogP contribution >= 0.6 is 0 Å². The second-order valence-electron chi connectivity index (χ2n) is 3.78. The van der Waals surface area contributed by atoms with Gasteiger partial charge in [-0.25, -0.2) is 0 Å². The topological polar surface area (TPSA) is 79.2 Å². The summed E-state index contributed by atoms with van der Waals surface area (Å²) in [4.78, 5) is 0. The lowest BCUT2D eigenvalue weighted by atomic mass is 10.1. The number of aliphatic hydroxyl groups is 3. The molecule has 1 aliphatic rings. The maximum Gasteiger partial charge on any atom is 0.186 e. The maximum atomic E-state index is 9.50. The molecule has 1 saturated heterocycles. The highest BCUT2D eigenvalue weighted by atomic mass is 16.7.